The number of aromatic nitrogens is 2. The molecule has 14 atom stereocenters. The molecule has 34 heteroatoms. The van der Waals surface area contributed by atoms with Gasteiger partial charge in [-0.15, -0.1) is 10.2 Å². The lowest BCUT2D eigenvalue weighted by molar-refractivity contribution is -0.148. The Kier molecular flexibility index (Phi) is 24.2. The van der Waals surface area contributed by atoms with Crippen molar-refractivity contribution in [3.05, 3.63) is 77.9 Å². The number of nitrogens with one attached hydrogen (secondary N) is 5. The fraction of sp³-hybridized carbons (Fsp3) is 0.509. The Balaban J connectivity index is 1.18. The van der Waals surface area contributed by atoms with Crippen molar-refractivity contribution in [3.8, 4) is 38.4 Å². The highest BCUT2D eigenvalue weighted by Gasteiger charge is 2.50. The van der Waals surface area contributed by atoms with Crippen LogP contribution < -0.4 is 41.2 Å². The molecule has 91 heavy (non-hydrogen) atoms. The zero-order valence-corrected chi connectivity index (χ0v) is 51.1. The molecule has 3 saturated heterocycles. The number of fused-ring (bicyclic) bond motifs is 2. The van der Waals surface area contributed by atoms with Crippen LogP contribution in [0.5, 0.6) is 17.2 Å². The van der Waals surface area contributed by atoms with Crippen molar-refractivity contribution in [1.29, 1.82) is 0 Å². The number of benzene rings is 3. The Hall–Kier alpha value is -8.03. The number of aliphatic hydroxyl groups is 7. The minimum absolute atomic E-state index is 0.0312. The number of unbranched alkanes of at least 4 members (excludes halogenated alkanes) is 3. The number of rotatable bonds is 21. The summed E-state index contributed by atoms with van der Waals surface area (Å²) in [5.74, 6) is -12.4. The molecule has 8 amide bonds. The lowest BCUT2D eigenvalue weighted by atomic mass is 9.96. The highest BCUT2D eigenvalue weighted by Crippen LogP contribution is 2.34. The van der Waals surface area contributed by atoms with E-state index in [1.54, 1.807) is 19.2 Å². The van der Waals surface area contributed by atoms with Crippen LogP contribution in [-0.2, 0) is 48.7 Å². The zero-order valence-electron chi connectivity index (χ0n) is 49.4. The van der Waals surface area contributed by atoms with Gasteiger partial charge in [0.25, 0.3) is 5.91 Å². The van der Waals surface area contributed by atoms with Crippen molar-refractivity contribution >= 4 is 69.0 Å². The summed E-state index contributed by atoms with van der Waals surface area (Å²) in [7, 11) is -3.67. The van der Waals surface area contributed by atoms with Gasteiger partial charge >= 0.3 is 10.4 Å². The van der Waals surface area contributed by atoms with Crippen molar-refractivity contribution in [2.45, 2.75) is 138 Å². The number of ether oxygens (including phenoxy) is 2. The molecule has 3 aliphatic heterocycles. The van der Waals surface area contributed by atoms with Gasteiger partial charge < -0.3 is 96.6 Å². The fourth-order valence-corrected chi connectivity index (χ4v) is 11.7. The molecule has 4 heterocycles. The summed E-state index contributed by atoms with van der Waals surface area (Å²) in [6.45, 7) is 1.82. The number of aliphatic hydroxyl groups excluding tert-OH is 7. The third-order valence-electron chi connectivity index (χ3n) is 15.4. The van der Waals surface area contributed by atoms with Crippen LogP contribution in [0.15, 0.2) is 66.7 Å². The standard InChI is InChI=1S/C57H74N10O22S2/c1-27-25-67-45(46(27)74)53(81)59-24-33(69)21-36(60-49(77)29-8-10-30(11-9-29)54-64-65-55(90-54)31-12-15-35(16-13-31)88-19-7-5-4-6-18-87-3)50(78)61-42(28(2)68)56(82)66-26-34(70)22-37(66)51(79)63-44(52(80)62-43(57(67)83)39(72)23-41(58)73)48(76)47(75)32-14-17-38(71)40(20-32)89-91(84,85)86/h8-17,20,27-28,33-34,36-37,39,42-48,68-72,74-76H,4-7,18-19,21-26H2,1-3H3,(H2,58,73)(H,59,81)(H,60,77)(H,61,78)(H,62,80)(H,63,79)(H,84,85,86)/t27-,28-,33-,34+,36-,37-,39+,42-,43-,44-,45-,46-,47-,48-/m0/s1. The largest absolute Gasteiger partial charge is 0.504 e. The summed E-state index contributed by atoms with van der Waals surface area (Å²) < 4.78 is 47.7. The average molecular weight is 1320 g/mol. The molecule has 7 rings (SSSR count). The highest BCUT2D eigenvalue weighted by atomic mass is 32.3. The molecule has 3 aliphatic rings. The molecule has 3 aromatic carbocycles. The van der Waals surface area contributed by atoms with Gasteiger partial charge in [-0.1, -0.05) is 42.9 Å². The van der Waals surface area contributed by atoms with Crippen LogP contribution in [0.3, 0.4) is 0 Å². The van der Waals surface area contributed by atoms with Crippen LogP contribution in [0.2, 0.25) is 0 Å². The van der Waals surface area contributed by atoms with Crippen LogP contribution in [0.4, 0.5) is 0 Å². The number of phenols is 1. The van der Waals surface area contributed by atoms with Crippen molar-refractivity contribution in [2.24, 2.45) is 11.7 Å². The summed E-state index contributed by atoms with van der Waals surface area (Å²) in [5.41, 5.74) is 6.08. The first-order valence-electron chi connectivity index (χ1n) is 28.9. The maximum absolute atomic E-state index is 14.7. The smallest absolute Gasteiger partial charge is 0.446 e. The average Bonchev–Trinajstić information content (AvgIpc) is 1.83. The maximum atomic E-state index is 14.7. The number of methoxy groups -OCH3 is 1. The first-order valence-corrected chi connectivity index (χ1v) is 31.0. The number of hydrogen-bond donors (Lipinski definition) is 15. The number of nitrogens with zero attached hydrogens (tertiary/aromatic N) is 4. The highest BCUT2D eigenvalue weighted by molar-refractivity contribution is 7.81. The molecule has 0 spiro atoms. The number of carbonyl (C=O) groups excluding carboxylic acids is 8. The molecule has 0 aliphatic carbocycles. The minimum Gasteiger partial charge on any atom is -0.504 e. The monoisotopic (exact) mass is 1310 g/mol. The van der Waals surface area contributed by atoms with Crippen LogP contribution in [-0.4, -0.2) is 234 Å². The van der Waals surface area contributed by atoms with E-state index >= 15 is 0 Å². The van der Waals surface area contributed by atoms with E-state index < -0.39 is 199 Å². The molecular formula is C57H74N10O22S2. The molecule has 0 bridgehead atoms. The normalized spacial score (nSPS) is 25.3. The van der Waals surface area contributed by atoms with Gasteiger partial charge in [0.05, 0.1) is 43.5 Å². The number of hydrogen-bond acceptors (Lipinski definition) is 24. The summed E-state index contributed by atoms with van der Waals surface area (Å²) >= 11 is 1.26. The van der Waals surface area contributed by atoms with Gasteiger partial charge in [0.2, 0.25) is 41.4 Å². The number of nitrogens with two attached hydrogens (primary N) is 1. The number of aromatic hydroxyl groups is 1. The van der Waals surface area contributed by atoms with Crippen molar-refractivity contribution < 1.29 is 106 Å². The van der Waals surface area contributed by atoms with E-state index in [4.69, 9.17) is 15.2 Å². The number of amides is 8. The third-order valence-corrected chi connectivity index (χ3v) is 16.8. The van der Waals surface area contributed by atoms with E-state index in [0.717, 1.165) is 56.9 Å². The Morgan fingerprint density at radius 3 is 1.98 bits per heavy atom. The molecule has 496 valence electrons. The number of phenolic OH excluding ortho intramolecular Hbond substituents is 1. The van der Waals surface area contributed by atoms with E-state index in [9.17, 15) is 92.2 Å². The lowest BCUT2D eigenvalue weighted by Gasteiger charge is -2.34. The number of carbonyl (C=O) groups is 8. The Bertz CT molecular complexity index is 3360. The Morgan fingerprint density at radius 2 is 1.36 bits per heavy atom. The van der Waals surface area contributed by atoms with Gasteiger partial charge in [0, 0.05) is 68.8 Å². The second-order valence-corrected chi connectivity index (χ2v) is 24.3. The predicted octanol–water partition coefficient (Wildman–Crippen LogP) is -3.34. The van der Waals surface area contributed by atoms with Crippen LogP contribution in [0.1, 0.15) is 80.8 Å². The lowest BCUT2D eigenvalue weighted by Crippen LogP contribution is -2.64. The summed E-state index contributed by atoms with van der Waals surface area (Å²) in [6, 6.07) is 2.94. The predicted molar refractivity (Wildman–Crippen MR) is 317 cm³/mol. The molecule has 0 radical (unpaired) electrons. The maximum Gasteiger partial charge on any atom is 0.446 e. The second-order valence-electron chi connectivity index (χ2n) is 22.3. The van der Waals surface area contributed by atoms with E-state index in [0.29, 0.717) is 43.8 Å². The first kappa shape index (κ1) is 70.4. The van der Waals surface area contributed by atoms with Gasteiger partial charge in [-0.25, -0.2) is 0 Å². The molecule has 32 nitrogen and oxygen atoms in total. The molecule has 1 aromatic heterocycles. The minimum atomic E-state index is -5.34. The van der Waals surface area contributed by atoms with E-state index in [2.05, 4.69) is 41.0 Å². The van der Waals surface area contributed by atoms with Gasteiger partial charge in [-0.05, 0) is 80.3 Å². The van der Waals surface area contributed by atoms with Crippen LogP contribution in [0, 0.1) is 5.92 Å². The molecular weight excluding hydrogens is 1240 g/mol. The first-order chi connectivity index (χ1) is 43.0. The van der Waals surface area contributed by atoms with E-state index in [1.165, 1.54) is 30.4 Å². The van der Waals surface area contributed by atoms with Crippen LogP contribution in [0.25, 0.3) is 21.1 Å². The quantitative estimate of drug-likeness (QED) is 0.0286. The topological polar surface area (TPSA) is 499 Å². The summed E-state index contributed by atoms with van der Waals surface area (Å²) in [6.07, 6.45) is -12.8. The number of β-amino-alcohol motifs (C(OH)–C–C–N with tert-alkyl or cyclic N) is 1. The zero-order chi connectivity index (χ0) is 66.6. The van der Waals surface area contributed by atoms with Gasteiger partial charge in [0.1, 0.15) is 64.2 Å². The number of primary amides is 1. The molecule has 4 aromatic rings. The SMILES string of the molecule is COCCCCCCOc1ccc(-c2nnc(-c3ccc(C(=O)N[C@H]4C[C@H](O)CNC(=O)[C@@H]5[C@@H](O)[C@@H](C)CN5C(=O)[C@H]([C@H](O)CC(N)=O)NC(=O)[C@H]([C@H](O)[C@@H](O)c5ccc(O)c(OS(=O)(=O)O)c5)NC(=O)[C@@H]5C[C@@H](O)CN5C(=O)[C@H]([C@H](C)O)NC4=O)cc3)s2)cc1. The summed E-state index contributed by atoms with van der Waals surface area (Å²) in [4.78, 5) is 115. The molecule has 0 saturated carbocycles. The molecule has 3 fully saturated rings. The summed E-state index contributed by atoms with van der Waals surface area (Å²) in [5, 5.41) is 111. The van der Waals surface area contributed by atoms with Crippen LogP contribution >= 0.6 is 11.3 Å². The Labute approximate surface area is 525 Å². The fourth-order valence-electron chi connectivity index (χ4n) is 10.5. The van der Waals surface area contributed by atoms with Gasteiger partial charge in [0.15, 0.2) is 11.5 Å². The molecule has 0 unspecified atom stereocenters. The van der Waals surface area contributed by atoms with Crippen molar-refractivity contribution in [1.82, 2.24) is 46.6 Å². The van der Waals surface area contributed by atoms with E-state index in [-0.39, 0.29) is 5.56 Å². The van der Waals surface area contributed by atoms with Crippen molar-refractivity contribution in [3.63, 3.8) is 0 Å². The molecule has 16 N–H and O–H groups in total. The Morgan fingerprint density at radius 1 is 0.758 bits per heavy atom. The van der Waals surface area contributed by atoms with E-state index in [1.807, 2.05) is 24.3 Å². The second kappa shape index (κ2) is 31.3. The van der Waals surface area contributed by atoms with Crippen molar-refractivity contribution in [2.75, 3.05) is 40.0 Å². The third kappa shape index (κ3) is 18.4. The van der Waals surface area contributed by atoms with Gasteiger partial charge in [-0.3, -0.25) is 42.9 Å². The van der Waals surface area contributed by atoms with Gasteiger partial charge in [-0.2, -0.15) is 8.42 Å².